The molecule has 0 radical (unpaired) electrons. The third-order valence-corrected chi connectivity index (χ3v) is 4.83. The van der Waals surface area contributed by atoms with Crippen LogP contribution in [0.3, 0.4) is 0 Å². The number of ether oxygens (including phenoxy) is 3. The lowest BCUT2D eigenvalue weighted by molar-refractivity contribution is 0.233. The molecule has 8 nitrogen and oxygen atoms in total. The van der Waals surface area contributed by atoms with E-state index in [0.717, 1.165) is 11.3 Å². The average molecular weight is 413 g/mol. The predicted octanol–water partition coefficient (Wildman–Crippen LogP) is 2.65. The quantitative estimate of drug-likeness (QED) is 0.521. The van der Waals surface area contributed by atoms with Crippen LogP contribution in [-0.2, 0) is 6.54 Å². The number of benzene rings is 2. The van der Waals surface area contributed by atoms with Crippen LogP contribution in [0, 0.1) is 6.92 Å². The summed E-state index contributed by atoms with van der Waals surface area (Å²) in [6.07, 6.45) is 0.583. The Morgan fingerprint density at radius 1 is 1.20 bits per heavy atom. The molecule has 1 aromatic heterocycles. The van der Waals surface area contributed by atoms with Crippen molar-refractivity contribution in [1.82, 2.24) is 9.97 Å². The van der Waals surface area contributed by atoms with Gasteiger partial charge in [-0.05, 0) is 24.6 Å². The number of nitrogens with one attached hydrogen (secondary N) is 1. The lowest BCUT2D eigenvalue weighted by Gasteiger charge is -2.19. The number of nitrogens with zero attached hydrogens (tertiary/aromatic N) is 2. The highest BCUT2D eigenvalue weighted by Gasteiger charge is 2.17. The Bertz CT molecular complexity index is 1080. The summed E-state index contributed by atoms with van der Waals surface area (Å²) in [6.45, 7) is 2.89. The second-order valence-corrected chi connectivity index (χ2v) is 6.95. The first-order valence-corrected chi connectivity index (χ1v) is 9.67. The third-order valence-electron chi connectivity index (χ3n) is 4.83. The summed E-state index contributed by atoms with van der Waals surface area (Å²) in [5, 5.41) is 9.36. The zero-order valence-corrected chi connectivity index (χ0v) is 17.7. The molecule has 2 N–H and O–H groups in total. The zero-order chi connectivity index (χ0) is 21.7. The number of anilines is 1. The van der Waals surface area contributed by atoms with E-state index in [1.165, 1.54) is 0 Å². The molecule has 0 saturated heterocycles. The van der Waals surface area contributed by atoms with Crippen molar-refractivity contribution in [1.29, 1.82) is 0 Å². The molecule has 0 aliphatic rings. The fourth-order valence-electron chi connectivity index (χ4n) is 3.37. The van der Waals surface area contributed by atoms with Gasteiger partial charge in [-0.15, -0.1) is 0 Å². The summed E-state index contributed by atoms with van der Waals surface area (Å²) < 4.78 is 16.4. The van der Waals surface area contributed by atoms with Gasteiger partial charge in [0.05, 0.1) is 31.7 Å². The zero-order valence-electron chi connectivity index (χ0n) is 17.7. The predicted molar refractivity (Wildman–Crippen MR) is 116 cm³/mol. The molecule has 0 unspecified atom stereocenters. The van der Waals surface area contributed by atoms with E-state index < -0.39 is 0 Å². The summed E-state index contributed by atoms with van der Waals surface area (Å²) in [4.78, 5) is 22.1. The minimum atomic E-state index is -0.329. The Kier molecular flexibility index (Phi) is 6.79. The maximum atomic E-state index is 12.8. The highest BCUT2D eigenvalue weighted by molar-refractivity contribution is 5.86. The Hall–Kier alpha value is -3.26. The van der Waals surface area contributed by atoms with Gasteiger partial charge in [0.1, 0.15) is 5.75 Å². The number of H-pyrrole nitrogens is 1. The molecular weight excluding hydrogens is 386 g/mol. The molecule has 3 rings (SSSR count). The van der Waals surface area contributed by atoms with Gasteiger partial charge < -0.3 is 29.2 Å². The highest BCUT2D eigenvalue weighted by atomic mass is 16.5. The number of hydrogen-bond donors (Lipinski definition) is 2. The number of aryl methyl sites for hydroxylation is 1. The molecule has 1 heterocycles. The van der Waals surface area contributed by atoms with E-state index in [0.29, 0.717) is 53.5 Å². The molecule has 3 aromatic rings. The fourth-order valence-corrected chi connectivity index (χ4v) is 3.37. The maximum Gasteiger partial charge on any atom is 0.282 e. The summed E-state index contributed by atoms with van der Waals surface area (Å²) in [5.74, 6) is 2.26. The normalized spacial score (nSPS) is 10.8. The van der Waals surface area contributed by atoms with Gasteiger partial charge in [-0.2, -0.15) is 4.98 Å². The highest BCUT2D eigenvalue weighted by Crippen LogP contribution is 2.35. The van der Waals surface area contributed by atoms with Crippen molar-refractivity contribution in [2.24, 2.45) is 0 Å². The number of hydrogen-bond acceptors (Lipinski definition) is 7. The van der Waals surface area contributed by atoms with Gasteiger partial charge in [0.15, 0.2) is 11.5 Å². The van der Waals surface area contributed by atoms with Crippen LogP contribution in [0.1, 0.15) is 17.5 Å². The number of aliphatic hydroxyl groups excluding tert-OH is 1. The van der Waals surface area contributed by atoms with Crippen molar-refractivity contribution in [3.8, 4) is 17.2 Å². The van der Waals surface area contributed by atoms with Crippen molar-refractivity contribution in [3.63, 3.8) is 0 Å². The van der Waals surface area contributed by atoms with Crippen LogP contribution in [0.2, 0.25) is 0 Å². The van der Waals surface area contributed by atoms with Crippen molar-refractivity contribution < 1.29 is 19.3 Å². The van der Waals surface area contributed by atoms with E-state index in [1.807, 2.05) is 43.1 Å². The molecule has 0 saturated carbocycles. The molecule has 0 amide bonds. The molecule has 0 aliphatic carbocycles. The van der Waals surface area contributed by atoms with Crippen LogP contribution in [-0.4, -0.2) is 49.6 Å². The van der Waals surface area contributed by atoms with Crippen molar-refractivity contribution in [2.75, 3.05) is 39.4 Å². The van der Waals surface area contributed by atoms with Crippen molar-refractivity contribution >= 4 is 16.9 Å². The van der Waals surface area contributed by atoms with E-state index >= 15 is 0 Å². The lowest BCUT2D eigenvalue weighted by atomic mass is 10.1. The number of aliphatic hydroxyl groups is 1. The minimum Gasteiger partial charge on any atom is -0.493 e. The topological polar surface area (TPSA) is 96.9 Å². The van der Waals surface area contributed by atoms with Crippen LogP contribution in [0.25, 0.3) is 10.9 Å². The Morgan fingerprint density at radius 3 is 2.70 bits per heavy atom. The number of methoxy groups -OCH3 is 2. The van der Waals surface area contributed by atoms with E-state index in [-0.39, 0.29) is 12.2 Å². The lowest BCUT2D eigenvalue weighted by Crippen LogP contribution is -2.23. The van der Waals surface area contributed by atoms with Gasteiger partial charge in [0.25, 0.3) is 5.56 Å². The van der Waals surface area contributed by atoms with E-state index in [2.05, 4.69) is 9.97 Å². The summed E-state index contributed by atoms with van der Waals surface area (Å²) in [6, 6.07) is 9.45. The van der Waals surface area contributed by atoms with Gasteiger partial charge in [-0.1, -0.05) is 12.1 Å². The van der Waals surface area contributed by atoms with Gasteiger partial charge in [-0.3, -0.25) is 4.79 Å². The molecule has 0 bridgehead atoms. The van der Waals surface area contributed by atoms with Gasteiger partial charge >= 0.3 is 0 Å². The second kappa shape index (κ2) is 9.49. The number of aromatic amines is 1. The number of fused-ring (bicyclic) bond motifs is 1. The first kappa shape index (κ1) is 21.4. The first-order chi connectivity index (χ1) is 14.5. The van der Waals surface area contributed by atoms with Crippen LogP contribution in [0.5, 0.6) is 17.2 Å². The van der Waals surface area contributed by atoms with Gasteiger partial charge in [0.2, 0.25) is 5.95 Å². The summed E-state index contributed by atoms with van der Waals surface area (Å²) >= 11 is 0. The van der Waals surface area contributed by atoms with Crippen molar-refractivity contribution in [3.05, 3.63) is 51.8 Å². The minimum absolute atomic E-state index is 0.0968. The van der Waals surface area contributed by atoms with Crippen LogP contribution in [0.4, 0.5) is 5.95 Å². The van der Waals surface area contributed by atoms with Crippen molar-refractivity contribution in [2.45, 2.75) is 19.9 Å². The average Bonchev–Trinajstić information content (AvgIpc) is 2.73. The molecule has 160 valence electrons. The Balaban J connectivity index is 1.89. The largest absolute Gasteiger partial charge is 0.493 e. The molecule has 0 aliphatic heterocycles. The van der Waals surface area contributed by atoms with Crippen LogP contribution >= 0.6 is 0 Å². The molecular formula is C22H27N3O5. The molecule has 0 atom stereocenters. The number of rotatable bonds is 9. The van der Waals surface area contributed by atoms with Crippen LogP contribution < -0.4 is 24.7 Å². The monoisotopic (exact) mass is 413 g/mol. The Labute approximate surface area is 175 Å². The van der Waals surface area contributed by atoms with Gasteiger partial charge in [0, 0.05) is 38.2 Å². The number of aromatic nitrogens is 2. The smallest absolute Gasteiger partial charge is 0.282 e. The SMILES string of the molecule is COc1cc2[nH]c(N(C)Cc3cccc(OCCCO)c3)nc(=O)c2c(C)c1OC. The Morgan fingerprint density at radius 2 is 2.00 bits per heavy atom. The standard InChI is InChI=1S/C22H27N3O5/c1-14-19-17(12-18(28-3)20(14)29-4)23-22(24-21(19)27)25(2)13-15-7-5-8-16(11-15)30-10-6-9-26/h5,7-8,11-12,26H,6,9-10,13H2,1-4H3,(H,23,24,27). The maximum absolute atomic E-state index is 12.8. The van der Waals surface area contributed by atoms with E-state index in [1.54, 1.807) is 20.3 Å². The van der Waals surface area contributed by atoms with Gasteiger partial charge in [-0.25, -0.2) is 0 Å². The second-order valence-electron chi connectivity index (χ2n) is 6.95. The summed E-state index contributed by atoms with van der Waals surface area (Å²) in [5.41, 5.74) is 1.99. The molecule has 0 fully saturated rings. The fraction of sp³-hybridized carbons (Fsp3) is 0.364. The van der Waals surface area contributed by atoms with Crippen LogP contribution in [0.15, 0.2) is 35.1 Å². The molecule has 0 spiro atoms. The molecule has 30 heavy (non-hydrogen) atoms. The molecule has 8 heteroatoms. The van der Waals surface area contributed by atoms with E-state index in [9.17, 15) is 4.79 Å². The first-order valence-electron chi connectivity index (χ1n) is 9.67. The third kappa shape index (κ3) is 4.49. The van der Waals surface area contributed by atoms with E-state index in [4.69, 9.17) is 19.3 Å². The molecule has 2 aromatic carbocycles. The summed E-state index contributed by atoms with van der Waals surface area (Å²) in [7, 11) is 4.96.